The van der Waals surface area contributed by atoms with Gasteiger partial charge < -0.3 is 10.5 Å². The molecular weight excluding hydrogens is 307 g/mol. The first-order valence-electron chi connectivity index (χ1n) is 6.04. The van der Waals surface area contributed by atoms with Crippen molar-refractivity contribution in [2.24, 2.45) is 5.73 Å². The van der Waals surface area contributed by atoms with E-state index in [2.05, 4.69) is 0 Å². The number of hydrogen-bond donors (Lipinski definition) is 1. The lowest BCUT2D eigenvalue weighted by Gasteiger charge is -2.29. The van der Waals surface area contributed by atoms with Crippen molar-refractivity contribution in [3.8, 4) is 5.75 Å². The number of benzene rings is 1. The maximum absolute atomic E-state index is 13.3. The molecule has 1 aliphatic rings. The van der Waals surface area contributed by atoms with Gasteiger partial charge in [-0.1, -0.05) is 0 Å². The lowest BCUT2D eigenvalue weighted by atomic mass is 10.1. The predicted octanol–water partition coefficient (Wildman–Crippen LogP) is 1.37. The fraction of sp³-hybridized carbons (Fsp3) is 0.500. The van der Waals surface area contributed by atoms with E-state index in [-0.39, 0.29) is 29.1 Å². The van der Waals surface area contributed by atoms with Gasteiger partial charge in [0.05, 0.1) is 12.0 Å². The third-order valence-electron chi connectivity index (χ3n) is 3.26. The van der Waals surface area contributed by atoms with Crippen LogP contribution in [0, 0.1) is 5.82 Å². The van der Waals surface area contributed by atoms with Crippen LogP contribution in [0.4, 0.5) is 4.39 Å². The fourth-order valence-corrected chi connectivity index (χ4v) is 3.55. The first-order valence-corrected chi connectivity index (χ1v) is 7.48. The SMILES string of the molecule is COc1cc(S(=O)(=O)N2CCC(N)CC2)ccc1F.Cl. The van der Waals surface area contributed by atoms with Crippen LogP contribution in [0.5, 0.6) is 5.75 Å². The second kappa shape index (κ2) is 6.71. The Morgan fingerprint density at radius 3 is 2.50 bits per heavy atom. The molecule has 0 saturated carbocycles. The molecule has 1 aromatic rings. The quantitative estimate of drug-likeness (QED) is 0.911. The van der Waals surface area contributed by atoms with Gasteiger partial charge in [-0.3, -0.25) is 0 Å². The van der Waals surface area contributed by atoms with Gasteiger partial charge in [-0.25, -0.2) is 12.8 Å². The second-order valence-corrected chi connectivity index (χ2v) is 6.48. The molecule has 0 unspecified atom stereocenters. The minimum Gasteiger partial charge on any atom is -0.494 e. The Bertz CT molecular complexity index is 560. The molecule has 0 aromatic heterocycles. The van der Waals surface area contributed by atoms with E-state index in [1.807, 2.05) is 0 Å². The van der Waals surface area contributed by atoms with Crippen LogP contribution in [-0.4, -0.2) is 39.0 Å². The molecule has 1 heterocycles. The van der Waals surface area contributed by atoms with Crippen LogP contribution in [0.1, 0.15) is 12.8 Å². The van der Waals surface area contributed by atoms with Gasteiger partial charge in [-0.05, 0) is 25.0 Å². The Balaban J connectivity index is 0.00000200. The van der Waals surface area contributed by atoms with Gasteiger partial charge in [0, 0.05) is 25.2 Å². The summed E-state index contributed by atoms with van der Waals surface area (Å²) in [6, 6.07) is 3.61. The van der Waals surface area contributed by atoms with E-state index in [0.29, 0.717) is 25.9 Å². The number of nitrogens with two attached hydrogens (primary N) is 1. The highest BCUT2D eigenvalue weighted by molar-refractivity contribution is 7.89. The Kier molecular flexibility index (Phi) is 5.76. The Hall–Kier alpha value is -0.890. The van der Waals surface area contributed by atoms with E-state index in [9.17, 15) is 12.8 Å². The molecule has 0 atom stereocenters. The largest absolute Gasteiger partial charge is 0.494 e. The number of methoxy groups -OCH3 is 1. The highest BCUT2D eigenvalue weighted by atomic mass is 35.5. The van der Waals surface area contributed by atoms with Crippen molar-refractivity contribution < 1.29 is 17.5 Å². The standard InChI is InChI=1S/C12H17FN2O3S.ClH/c1-18-12-8-10(2-3-11(12)13)19(16,17)15-6-4-9(14)5-7-15;/h2-3,8-9H,4-7,14H2,1H3;1H. The molecule has 114 valence electrons. The summed E-state index contributed by atoms with van der Waals surface area (Å²) in [4.78, 5) is 0.0428. The van der Waals surface area contributed by atoms with Gasteiger partial charge in [0.25, 0.3) is 0 Å². The Morgan fingerprint density at radius 2 is 1.95 bits per heavy atom. The zero-order valence-corrected chi connectivity index (χ0v) is 12.7. The van der Waals surface area contributed by atoms with E-state index in [1.165, 1.54) is 23.5 Å². The molecule has 1 aliphatic heterocycles. The van der Waals surface area contributed by atoms with Gasteiger partial charge in [0.1, 0.15) is 0 Å². The molecule has 1 fully saturated rings. The highest BCUT2D eigenvalue weighted by Crippen LogP contribution is 2.25. The maximum Gasteiger partial charge on any atom is 0.243 e. The van der Waals surface area contributed by atoms with Crippen LogP contribution in [0.2, 0.25) is 0 Å². The third kappa shape index (κ3) is 3.41. The minimum absolute atomic E-state index is 0. The predicted molar refractivity (Wildman–Crippen MR) is 76.2 cm³/mol. The number of hydrogen-bond acceptors (Lipinski definition) is 4. The first kappa shape index (κ1) is 17.2. The summed E-state index contributed by atoms with van der Waals surface area (Å²) >= 11 is 0. The third-order valence-corrected chi connectivity index (χ3v) is 5.15. The average molecular weight is 325 g/mol. The molecule has 0 radical (unpaired) electrons. The molecule has 1 aromatic carbocycles. The van der Waals surface area contributed by atoms with Crippen LogP contribution in [0.15, 0.2) is 23.1 Å². The summed E-state index contributed by atoms with van der Waals surface area (Å²) in [7, 11) is -2.30. The fourth-order valence-electron chi connectivity index (χ4n) is 2.07. The van der Waals surface area contributed by atoms with Crippen molar-refractivity contribution in [2.75, 3.05) is 20.2 Å². The van der Waals surface area contributed by atoms with E-state index < -0.39 is 15.8 Å². The molecule has 5 nitrogen and oxygen atoms in total. The van der Waals surface area contributed by atoms with Crippen molar-refractivity contribution in [1.82, 2.24) is 4.31 Å². The molecule has 0 spiro atoms. The van der Waals surface area contributed by atoms with Crippen molar-refractivity contribution in [2.45, 2.75) is 23.8 Å². The highest BCUT2D eigenvalue weighted by Gasteiger charge is 2.28. The van der Waals surface area contributed by atoms with Crippen LogP contribution < -0.4 is 10.5 Å². The normalized spacial score (nSPS) is 17.6. The van der Waals surface area contributed by atoms with E-state index in [4.69, 9.17) is 10.5 Å². The molecule has 2 N–H and O–H groups in total. The van der Waals surface area contributed by atoms with Gasteiger partial charge in [-0.2, -0.15) is 4.31 Å². The number of rotatable bonds is 3. The summed E-state index contributed by atoms with van der Waals surface area (Å²) in [6.45, 7) is 0.784. The summed E-state index contributed by atoms with van der Waals surface area (Å²) in [5, 5.41) is 0. The van der Waals surface area contributed by atoms with Gasteiger partial charge in [-0.15, -0.1) is 12.4 Å². The molecule has 0 aliphatic carbocycles. The molecule has 20 heavy (non-hydrogen) atoms. The van der Waals surface area contributed by atoms with Gasteiger partial charge >= 0.3 is 0 Å². The monoisotopic (exact) mass is 324 g/mol. The first-order chi connectivity index (χ1) is 8.95. The molecular formula is C12H18ClFN2O3S. The number of nitrogens with zero attached hydrogens (tertiary/aromatic N) is 1. The van der Waals surface area contributed by atoms with Crippen molar-refractivity contribution >= 4 is 22.4 Å². The zero-order chi connectivity index (χ0) is 14.0. The topological polar surface area (TPSA) is 72.6 Å². The molecule has 1 saturated heterocycles. The van der Waals surface area contributed by atoms with Crippen LogP contribution in [-0.2, 0) is 10.0 Å². The number of ether oxygens (including phenoxy) is 1. The molecule has 2 rings (SSSR count). The zero-order valence-electron chi connectivity index (χ0n) is 11.1. The van der Waals surface area contributed by atoms with Crippen molar-refractivity contribution in [1.29, 1.82) is 0 Å². The van der Waals surface area contributed by atoms with E-state index in [1.54, 1.807) is 0 Å². The van der Waals surface area contributed by atoms with Crippen LogP contribution >= 0.6 is 12.4 Å². The average Bonchev–Trinajstić information content (AvgIpc) is 2.39. The summed E-state index contributed by atoms with van der Waals surface area (Å²) in [5.74, 6) is -0.656. The second-order valence-electron chi connectivity index (χ2n) is 4.54. The Labute approximate surface area is 124 Å². The lowest BCUT2D eigenvalue weighted by Crippen LogP contribution is -2.42. The number of sulfonamides is 1. The van der Waals surface area contributed by atoms with Crippen molar-refractivity contribution in [3.63, 3.8) is 0 Å². The number of halogens is 2. The molecule has 0 amide bonds. The smallest absolute Gasteiger partial charge is 0.243 e. The van der Waals surface area contributed by atoms with E-state index in [0.717, 1.165) is 6.07 Å². The summed E-state index contributed by atoms with van der Waals surface area (Å²) < 4.78 is 44.2. The molecule has 8 heteroatoms. The van der Waals surface area contributed by atoms with Gasteiger partial charge in [0.2, 0.25) is 10.0 Å². The Morgan fingerprint density at radius 1 is 1.35 bits per heavy atom. The number of piperidine rings is 1. The maximum atomic E-state index is 13.3. The minimum atomic E-state index is -3.60. The summed E-state index contributed by atoms with van der Waals surface area (Å²) in [6.07, 6.45) is 1.27. The van der Waals surface area contributed by atoms with Crippen molar-refractivity contribution in [3.05, 3.63) is 24.0 Å². The van der Waals surface area contributed by atoms with Crippen LogP contribution in [0.25, 0.3) is 0 Å². The van der Waals surface area contributed by atoms with Gasteiger partial charge in [0.15, 0.2) is 11.6 Å². The molecule has 0 bridgehead atoms. The summed E-state index contributed by atoms with van der Waals surface area (Å²) in [5.41, 5.74) is 5.75. The lowest BCUT2D eigenvalue weighted by molar-refractivity contribution is 0.319. The van der Waals surface area contributed by atoms with Crippen LogP contribution in [0.3, 0.4) is 0 Å². The van der Waals surface area contributed by atoms with E-state index >= 15 is 0 Å².